The molecule has 1 saturated carbocycles. The molecule has 2 heterocycles. The van der Waals surface area contributed by atoms with Gasteiger partial charge in [0.25, 0.3) is 0 Å². The maximum atomic E-state index is 13.4. The standard InChI is InChI=1S/C18H19F2N7O/c1-26(18(28)2-4-27-5-3-22-25-27)12-6-11(7-12)23-17-10-21-15-8-13(19)14(20)9-16(15)24-17/h3,5,8-12H,2,4,6-7H2,1H3,(H,23,24). The van der Waals surface area contributed by atoms with Crippen molar-refractivity contribution in [3.8, 4) is 0 Å². The molecular weight excluding hydrogens is 368 g/mol. The Morgan fingerprint density at radius 3 is 2.75 bits per heavy atom. The zero-order valence-electron chi connectivity index (χ0n) is 15.2. The van der Waals surface area contributed by atoms with Crippen LogP contribution in [0.1, 0.15) is 19.3 Å². The second-order valence-corrected chi connectivity index (χ2v) is 6.90. The predicted molar refractivity (Wildman–Crippen MR) is 97.3 cm³/mol. The Bertz CT molecular complexity index is 989. The fraction of sp³-hybridized carbons (Fsp3) is 0.389. The molecule has 0 atom stereocenters. The number of aromatic nitrogens is 5. The Kier molecular flexibility index (Phi) is 4.84. The summed E-state index contributed by atoms with van der Waals surface area (Å²) in [5, 5.41) is 10.8. The van der Waals surface area contributed by atoms with Crippen LogP contribution in [0, 0.1) is 11.6 Å². The summed E-state index contributed by atoms with van der Waals surface area (Å²) in [5.41, 5.74) is 0.592. The number of fused-ring (bicyclic) bond motifs is 1. The molecule has 0 unspecified atom stereocenters. The number of hydrogen-bond donors (Lipinski definition) is 1. The van der Waals surface area contributed by atoms with Gasteiger partial charge >= 0.3 is 0 Å². The molecule has 1 aliphatic rings. The topological polar surface area (TPSA) is 88.8 Å². The number of hydrogen-bond acceptors (Lipinski definition) is 6. The lowest BCUT2D eigenvalue weighted by Crippen LogP contribution is -2.50. The van der Waals surface area contributed by atoms with Gasteiger partial charge in [0.15, 0.2) is 11.6 Å². The van der Waals surface area contributed by atoms with Gasteiger partial charge in [0.2, 0.25) is 5.91 Å². The van der Waals surface area contributed by atoms with E-state index in [1.807, 2.05) is 0 Å². The maximum Gasteiger partial charge on any atom is 0.224 e. The molecule has 8 nitrogen and oxygen atoms in total. The molecule has 3 aromatic rings. The van der Waals surface area contributed by atoms with Crippen molar-refractivity contribution in [2.24, 2.45) is 0 Å². The largest absolute Gasteiger partial charge is 0.366 e. The second-order valence-electron chi connectivity index (χ2n) is 6.90. The van der Waals surface area contributed by atoms with Crippen LogP contribution in [0.25, 0.3) is 11.0 Å². The molecule has 1 aromatic carbocycles. The maximum absolute atomic E-state index is 13.4. The lowest BCUT2D eigenvalue weighted by Gasteiger charge is -2.41. The number of benzene rings is 1. The summed E-state index contributed by atoms with van der Waals surface area (Å²) < 4.78 is 28.3. The highest BCUT2D eigenvalue weighted by Crippen LogP contribution is 2.28. The van der Waals surface area contributed by atoms with Gasteiger partial charge in [0, 0.05) is 43.9 Å². The third-order valence-electron chi connectivity index (χ3n) is 5.02. The lowest BCUT2D eigenvalue weighted by atomic mass is 9.85. The van der Waals surface area contributed by atoms with Crippen molar-refractivity contribution < 1.29 is 13.6 Å². The van der Waals surface area contributed by atoms with Crippen molar-refractivity contribution in [1.29, 1.82) is 0 Å². The monoisotopic (exact) mass is 387 g/mol. The van der Waals surface area contributed by atoms with Crippen LogP contribution in [-0.2, 0) is 11.3 Å². The lowest BCUT2D eigenvalue weighted by molar-refractivity contribution is -0.133. The number of nitrogens with one attached hydrogen (secondary N) is 1. The number of nitrogens with zero attached hydrogens (tertiary/aromatic N) is 6. The SMILES string of the molecule is CN(C(=O)CCn1ccnn1)C1CC(Nc2cnc3cc(F)c(F)cc3n2)C1. The summed E-state index contributed by atoms with van der Waals surface area (Å²) in [6.45, 7) is 0.501. The number of aryl methyl sites for hydroxylation is 1. The number of amides is 1. The molecular formula is C18H19F2N7O. The van der Waals surface area contributed by atoms with Crippen molar-refractivity contribution in [2.75, 3.05) is 12.4 Å². The van der Waals surface area contributed by atoms with E-state index in [9.17, 15) is 13.6 Å². The van der Waals surface area contributed by atoms with Gasteiger partial charge in [-0.05, 0) is 12.8 Å². The van der Waals surface area contributed by atoms with Gasteiger partial charge in [-0.25, -0.2) is 13.8 Å². The van der Waals surface area contributed by atoms with Crippen LogP contribution in [0.4, 0.5) is 14.6 Å². The molecule has 4 rings (SSSR count). The third-order valence-corrected chi connectivity index (χ3v) is 5.02. The van der Waals surface area contributed by atoms with Crippen LogP contribution in [0.5, 0.6) is 0 Å². The number of rotatable bonds is 6. The van der Waals surface area contributed by atoms with Gasteiger partial charge in [0.1, 0.15) is 5.82 Å². The van der Waals surface area contributed by atoms with Gasteiger partial charge in [-0.1, -0.05) is 5.21 Å². The van der Waals surface area contributed by atoms with Crippen LogP contribution in [0.15, 0.2) is 30.7 Å². The Hall–Kier alpha value is -3.17. The number of halogens is 2. The first kappa shape index (κ1) is 18.2. The van der Waals surface area contributed by atoms with Crippen LogP contribution in [0.2, 0.25) is 0 Å². The van der Waals surface area contributed by atoms with Gasteiger partial charge in [0.05, 0.1) is 30.0 Å². The minimum absolute atomic E-state index is 0.0574. The first-order valence-corrected chi connectivity index (χ1v) is 8.97. The van der Waals surface area contributed by atoms with E-state index >= 15 is 0 Å². The molecule has 0 spiro atoms. The fourth-order valence-electron chi connectivity index (χ4n) is 3.25. The molecule has 146 valence electrons. The first-order chi connectivity index (χ1) is 13.5. The van der Waals surface area contributed by atoms with Crippen LogP contribution in [0.3, 0.4) is 0 Å². The average Bonchev–Trinajstić information content (AvgIpc) is 3.16. The number of anilines is 1. The van der Waals surface area contributed by atoms with E-state index in [0.29, 0.717) is 29.8 Å². The van der Waals surface area contributed by atoms with Crippen molar-refractivity contribution in [1.82, 2.24) is 29.9 Å². The van der Waals surface area contributed by atoms with E-state index in [-0.39, 0.29) is 18.0 Å². The summed E-state index contributed by atoms with van der Waals surface area (Å²) >= 11 is 0. The molecule has 10 heteroatoms. The van der Waals surface area contributed by atoms with Crippen molar-refractivity contribution in [2.45, 2.75) is 37.9 Å². The summed E-state index contributed by atoms with van der Waals surface area (Å²) in [7, 11) is 1.80. The molecule has 0 bridgehead atoms. The van der Waals surface area contributed by atoms with Crippen LogP contribution < -0.4 is 5.32 Å². The normalized spacial score (nSPS) is 18.7. The zero-order valence-corrected chi connectivity index (χ0v) is 15.2. The summed E-state index contributed by atoms with van der Waals surface area (Å²) in [5.74, 6) is -1.33. The molecule has 28 heavy (non-hydrogen) atoms. The minimum atomic E-state index is -0.950. The van der Waals surface area contributed by atoms with Gasteiger partial charge in [-0.15, -0.1) is 5.10 Å². The molecule has 0 saturated heterocycles. The molecule has 1 aliphatic carbocycles. The number of carbonyl (C=O) groups excluding carboxylic acids is 1. The van der Waals surface area contributed by atoms with E-state index in [1.54, 1.807) is 29.0 Å². The highest BCUT2D eigenvalue weighted by atomic mass is 19.2. The van der Waals surface area contributed by atoms with Crippen LogP contribution >= 0.6 is 0 Å². The van der Waals surface area contributed by atoms with Gasteiger partial charge in [-0.2, -0.15) is 0 Å². The first-order valence-electron chi connectivity index (χ1n) is 8.97. The minimum Gasteiger partial charge on any atom is -0.366 e. The highest BCUT2D eigenvalue weighted by molar-refractivity contribution is 5.76. The third kappa shape index (κ3) is 3.75. The van der Waals surface area contributed by atoms with E-state index in [2.05, 4.69) is 25.6 Å². The molecule has 1 amide bonds. The highest BCUT2D eigenvalue weighted by Gasteiger charge is 2.34. The van der Waals surface area contributed by atoms with Gasteiger partial charge in [-0.3, -0.25) is 14.5 Å². The predicted octanol–water partition coefficient (Wildman–Crippen LogP) is 1.99. The van der Waals surface area contributed by atoms with Crippen molar-refractivity contribution in [3.63, 3.8) is 0 Å². The summed E-state index contributed by atoms with van der Waals surface area (Å²) in [4.78, 5) is 22.5. The molecule has 0 radical (unpaired) electrons. The average molecular weight is 387 g/mol. The second kappa shape index (κ2) is 7.45. The summed E-state index contributed by atoms with van der Waals surface area (Å²) in [6.07, 6.45) is 6.73. The molecule has 0 aliphatic heterocycles. The summed E-state index contributed by atoms with van der Waals surface area (Å²) in [6, 6.07) is 2.36. The Morgan fingerprint density at radius 1 is 1.29 bits per heavy atom. The molecule has 1 N–H and O–H groups in total. The number of carbonyl (C=O) groups is 1. The van der Waals surface area contributed by atoms with Crippen LogP contribution in [-0.4, -0.2) is 54.9 Å². The zero-order chi connectivity index (χ0) is 19.7. The van der Waals surface area contributed by atoms with E-state index in [0.717, 1.165) is 25.0 Å². The molecule has 1 fully saturated rings. The van der Waals surface area contributed by atoms with E-state index in [4.69, 9.17) is 0 Å². The smallest absolute Gasteiger partial charge is 0.224 e. The van der Waals surface area contributed by atoms with E-state index < -0.39 is 11.6 Å². The van der Waals surface area contributed by atoms with Gasteiger partial charge < -0.3 is 10.2 Å². The fourth-order valence-corrected chi connectivity index (χ4v) is 3.25. The van der Waals surface area contributed by atoms with E-state index in [1.165, 1.54) is 6.20 Å². The quantitative estimate of drug-likeness (QED) is 0.696. The Balaban J connectivity index is 1.29. The Morgan fingerprint density at radius 2 is 2.04 bits per heavy atom. The van der Waals surface area contributed by atoms with Crippen molar-refractivity contribution in [3.05, 3.63) is 42.4 Å². The van der Waals surface area contributed by atoms with Crippen molar-refractivity contribution >= 4 is 22.8 Å². The molecule has 2 aromatic heterocycles. The Labute approximate surface area is 159 Å².